The number of imidazole rings is 1. The first-order valence-corrected chi connectivity index (χ1v) is 6.85. The average Bonchev–Trinajstić information content (AvgIpc) is 2.84. The monoisotopic (exact) mass is 301 g/mol. The van der Waals surface area contributed by atoms with Crippen LogP contribution in [0.4, 0.5) is 16.0 Å². The van der Waals surface area contributed by atoms with Gasteiger partial charge in [0.2, 0.25) is 5.95 Å². The molecule has 3 aromatic rings. The molecule has 0 fully saturated rings. The van der Waals surface area contributed by atoms with Gasteiger partial charge in [-0.25, -0.2) is 9.37 Å². The lowest BCUT2D eigenvalue weighted by molar-refractivity contribution is 0.631. The van der Waals surface area contributed by atoms with Gasteiger partial charge >= 0.3 is 0 Å². The number of hydrogen-bond donors (Lipinski definition) is 1. The smallest absolute Gasteiger partial charge is 0.212 e. The number of para-hydroxylation sites is 1. The second-order valence-electron chi connectivity index (χ2n) is 4.66. The Bertz CT molecular complexity index is 768. The largest absolute Gasteiger partial charge is 0.323 e. The van der Waals surface area contributed by atoms with Gasteiger partial charge in [0.15, 0.2) is 0 Å². The van der Waals surface area contributed by atoms with Crippen LogP contribution >= 0.6 is 11.6 Å². The summed E-state index contributed by atoms with van der Waals surface area (Å²) in [5.74, 6) is 0.141. The summed E-state index contributed by atoms with van der Waals surface area (Å²) in [4.78, 5) is 4.40. The Morgan fingerprint density at radius 2 is 1.90 bits per heavy atom. The van der Waals surface area contributed by atoms with Gasteiger partial charge in [-0.15, -0.1) is 0 Å². The molecule has 0 saturated carbocycles. The van der Waals surface area contributed by atoms with Crippen molar-refractivity contribution in [1.82, 2.24) is 9.55 Å². The van der Waals surface area contributed by atoms with E-state index in [-0.39, 0.29) is 0 Å². The zero-order valence-corrected chi connectivity index (χ0v) is 12.1. The van der Waals surface area contributed by atoms with Crippen LogP contribution in [0.5, 0.6) is 0 Å². The fourth-order valence-corrected chi connectivity index (χ4v) is 2.24. The Morgan fingerprint density at radius 3 is 2.62 bits per heavy atom. The molecule has 3 nitrogen and oxygen atoms in total. The molecule has 0 saturated heterocycles. The van der Waals surface area contributed by atoms with Crippen molar-refractivity contribution >= 4 is 23.2 Å². The first kappa shape index (κ1) is 13.6. The van der Waals surface area contributed by atoms with E-state index in [0.29, 0.717) is 16.7 Å². The topological polar surface area (TPSA) is 29.9 Å². The van der Waals surface area contributed by atoms with Crippen molar-refractivity contribution < 1.29 is 4.39 Å². The molecule has 1 heterocycles. The zero-order chi connectivity index (χ0) is 14.8. The normalized spacial score (nSPS) is 10.6. The number of halogens is 2. The molecule has 0 radical (unpaired) electrons. The van der Waals surface area contributed by atoms with Crippen molar-refractivity contribution in [3.8, 4) is 5.69 Å². The van der Waals surface area contributed by atoms with E-state index in [9.17, 15) is 4.39 Å². The van der Waals surface area contributed by atoms with Crippen molar-refractivity contribution in [1.29, 1.82) is 0 Å². The summed E-state index contributed by atoms with van der Waals surface area (Å²) in [6, 6.07) is 14.3. The van der Waals surface area contributed by atoms with Gasteiger partial charge in [0.05, 0.1) is 11.4 Å². The molecule has 1 N–H and O–H groups in total. The summed E-state index contributed by atoms with van der Waals surface area (Å²) in [7, 11) is 0. The predicted octanol–water partition coefficient (Wildman–Crippen LogP) is 4.72. The van der Waals surface area contributed by atoms with Crippen LogP contribution in [0.3, 0.4) is 0 Å². The number of hydrogen-bond acceptors (Lipinski definition) is 2. The van der Waals surface area contributed by atoms with Gasteiger partial charge < -0.3 is 5.32 Å². The highest BCUT2D eigenvalue weighted by molar-refractivity contribution is 6.30. The Kier molecular flexibility index (Phi) is 3.62. The maximum Gasteiger partial charge on any atom is 0.212 e. The van der Waals surface area contributed by atoms with E-state index < -0.39 is 5.82 Å². The quantitative estimate of drug-likeness (QED) is 0.759. The lowest BCUT2D eigenvalue weighted by Crippen LogP contribution is -2.02. The zero-order valence-electron chi connectivity index (χ0n) is 11.3. The van der Waals surface area contributed by atoms with Gasteiger partial charge in [0.25, 0.3) is 0 Å². The summed E-state index contributed by atoms with van der Waals surface area (Å²) in [5.41, 5.74) is 2.13. The first-order valence-electron chi connectivity index (χ1n) is 6.47. The number of anilines is 2. The molecule has 0 atom stereocenters. The summed E-state index contributed by atoms with van der Waals surface area (Å²) in [6.45, 7) is 1.89. The number of nitrogens with zero attached hydrogens (tertiary/aromatic N) is 2. The average molecular weight is 302 g/mol. The Morgan fingerprint density at radius 1 is 1.14 bits per heavy atom. The van der Waals surface area contributed by atoms with Crippen LogP contribution in [-0.2, 0) is 0 Å². The summed E-state index contributed by atoms with van der Waals surface area (Å²) >= 11 is 5.76. The van der Waals surface area contributed by atoms with Crippen LogP contribution in [0.1, 0.15) is 5.69 Å². The van der Waals surface area contributed by atoms with Gasteiger partial charge in [-0.05, 0) is 37.3 Å². The van der Waals surface area contributed by atoms with E-state index in [1.165, 1.54) is 6.07 Å². The lowest BCUT2D eigenvalue weighted by atomic mass is 10.3. The highest BCUT2D eigenvalue weighted by atomic mass is 35.5. The SMILES string of the molecule is Cc1cn(-c2ccccc2)c(Nc2ccc(Cl)cc2F)n1. The van der Waals surface area contributed by atoms with Gasteiger partial charge in [-0.2, -0.15) is 0 Å². The van der Waals surface area contributed by atoms with Crippen LogP contribution in [-0.4, -0.2) is 9.55 Å². The summed E-state index contributed by atoms with van der Waals surface area (Å²) in [6.07, 6.45) is 1.89. The summed E-state index contributed by atoms with van der Waals surface area (Å²) in [5, 5.41) is 3.37. The van der Waals surface area contributed by atoms with Crippen LogP contribution in [0.2, 0.25) is 5.02 Å². The van der Waals surface area contributed by atoms with Gasteiger partial charge in [-0.1, -0.05) is 29.8 Å². The molecule has 3 rings (SSSR count). The molecule has 0 aliphatic heterocycles. The Hall–Kier alpha value is -2.33. The van der Waals surface area contributed by atoms with Crippen LogP contribution < -0.4 is 5.32 Å². The predicted molar refractivity (Wildman–Crippen MR) is 83.0 cm³/mol. The lowest BCUT2D eigenvalue weighted by Gasteiger charge is -2.10. The minimum atomic E-state index is -0.414. The maximum absolute atomic E-state index is 13.9. The molecule has 0 unspecified atom stereocenters. The molecule has 106 valence electrons. The minimum Gasteiger partial charge on any atom is -0.323 e. The van der Waals surface area contributed by atoms with Gasteiger partial charge in [0, 0.05) is 16.9 Å². The molecule has 0 aliphatic rings. The molecule has 0 aliphatic carbocycles. The molecular formula is C16H13ClFN3. The van der Waals surface area contributed by atoms with E-state index in [4.69, 9.17) is 11.6 Å². The third-order valence-corrected chi connectivity index (χ3v) is 3.27. The third kappa shape index (κ3) is 2.90. The van der Waals surface area contributed by atoms with E-state index in [0.717, 1.165) is 11.4 Å². The van der Waals surface area contributed by atoms with E-state index in [2.05, 4.69) is 10.3 Å². The molecule has 2 aromatic carbocycles. The van der Waals surface area contributed by atoms with Crippen LogP contribution in [0.15, 0.2) is 54.7 Å². The maximum atomic E-state index is 13.9. The third-order valence-electron chi connectivity index (χ3n) is 3.04. The Balaban J connectivity index is 2.00. The van der Waals surface area contributed by atoms with Gasteiger partial charge in [0.1, 0.15) is 5.82 Å². The highest BCUT2D eigenvalue weighted by Crippen LogP contribution is 2.24. The standard InChI is InChI=1S/C16H13ClFN3/c1-11-10-21(13-5-3-2-4-6-13)16(19-11)20-15-8-7-12(17)9-14(15)18/h2-10H,1H3,(H,19,20). The molecule has 0 bridgehead atoms. The van der Waals surface area contributed by atoms with Crippen LogP contribution in [0.25, 0.3) is 5.69 Å². The van der Waals surface area contributed by atoms with Crippen molar-refractivity contribution in [2.75, 3.05) is 5.32 Å². The first-order chi connectivity index (χ1) is 10.1. The number of nitrogens with one attached hydrogen (secondary N) is 1. The molecule has 5 heteroatoms. The second-order valence-corrected chi connectivity index (χ2v) is 5.10. The number of benzene rings is 2. The number of rotatable bonds is 3. The Labute approximate surface area is 127 Å². The van der Waals surface area contributed by atoms with Crippen molar-refractivity contribution in [3.05, 3.63) is 71.3 Å². The van der Waals surface area contributed by atoms with Crippen molar-refractivity contribution in [2.24, 2.45) is 0 Å². The molecule has 1 aromatic heterocycles. The number of aromatic nitrogens is 2. The van der Waals surface area contributed by atoms with E-state index >= 15 is 0 Å². The fourth-order valence-electron chi connectivity index (χ4n) is 2.08. The van der Waals surface area contributed by atoms with Crippen molar-refractivity contribution in [2.45, 2.75) is 6.92 Å². The molecule has 21 heavy (non-hydrogen) atoms. The molecular weight excluding hydrogens is 289 g/mol. The van der Waals surface area contributed by atoms with Crippen molar-refractivity contribution in [3.63, 3.8) is 0 Å². The molecule has 0 spiro atoms. The van der Waals surface area contributed by atoms with E-state index in [1.807, 2.05) is 48.0 Å². The van der Waals surface area contributed by atoms with Crippen LogP contribution in [0, 0.1) is 12.7 Å². The highest BCUT2D eigenvalue weighted by Gasteiger charge is 2.10. The second kappa shape index (κ2) is 5.58. The minimum absolute atomic E-state index is 0.335. The summed E-state index contributed by atoms with van der Waals surface area (Å²) < 4.78 is 15.8. The fraction of sp³-hybridized carbons (Fsp3) is 0.0625. The van der Waals surface area contributed by atoms with Gasteiger partial charge in [-0.3, -0.25) is 4.57 Å². The van der Waals surface area contributed by atoms with E-state index in [1.54, 1.807) is 12.1 Å². The molecule has 0 amide bonds. The number of aryl methyl sites for hydroxylation is 1.